The van der Waals surface area contributed by atoms with E-state index >= 15 is 0 Å². The zero-order valence-electron chi connectivity index (χ0n) is 21.7. The second-order valence-corrected chi connectivity index (χ2v) is 11.6. The molecule has 0 bridgehead atoms. The van der Waals surface area contributed by atoms with Gasteiger partial charge in [0.2, 0.25) is 0 Å². The molecule has 3 aromatic rings. The summed E-state index contributed by atoms with van der Waals surface area (Å²) in [6.07, 6.45) is 2.82. The van der Waals surface area contributed by atoms with Gasteiger partial charge in [0, 0.05) is 29.5 Å². The van der Waals surface area contributed by atoms with E-state index in [-0.39, 0.29) is 40.4 Å². The van der Waals surface area contributed by atoms with Crippen LogP contribution in [0.3, 0.4) is 0 Å². The van der Waals surface area contributed by atoms with Crippen LogP contribution in [0, 0.1) is 6.92 Å². The molecule has 0 fully saturated rings. The molecule has 0 aromatic heterocycles. The molecule has 0 saturated heterocycles. The van der Waals surface area contributed by atoms with Crippen molar-refractivity contribution in [1.29, 1.82) is 0 Å². The number of nitrogens with zero attached hydrogens (tertiary/aromatic N) is 1. The molecule has 39 heavy (non-hydrogen) atoms. The first-order chi connectivity index (χ1) is 18.4. The third-order valence-electron chi connectivity index (χ3n) is 6.36. The largest absolute Gasteiger partial charge is 0.486 e. The zero-order valence-corrected chi connectivity index (χ0v) is 23.2. The van der Waals surface area contributed by atoms with Crippen LogP contribution in [0.25, 0.3) is 12.2 Å². The first-order valence-electron chi connectivity index (χ1n) is 12.2. The molecule has 1 atom stereocenters. The highest BCUT2D eigenvalue weighted by Gasteiger charge is 2.35. The Hall–Kier alpha value is -3.43. The molecule has 0 radical (unpaired) electrons. The van der Waals surface area contributed by atoms with Crippen molar-refractivity contribution in [3.63, 3.8) is 0 Å². The predicted octanol–water partition coefficient (Wildman–Crippen LogP) is 6.84. The lowest BCUT2D eigenvalue weighted by Gasteiger charge is -2.35. The summed E-state index contributed by atoms with van der Waals surface area (Å²) < 4.78 is 68.0. The van der Waals surface area contributed by atoms with Gasteiger partial charge in [-0.2, -0.15) is 0 Å². The fourth-order valence-corrected chi connectivity index (χ4v) is 6.20. The van der Waals surface area contributed by atoms with Crippen molar-refractivity contribution in [2.75, 3.05) is 18.0 Å². The van der Waals surface area contributed by atoms with Gasteiger partial charge >= 0.3 is 5.97 Å². The minimum atomic E-state index is -4.00. The Balaban J connectivity index is 1.75. The third kappa shape index (κ3) is 6.42. The Kier molecular flexibility index (Phi) is 8.32. The van der Waals surface area contributed by atoms with Gasteiger partial charge in [-0.25, -0.2) is 17.2 Å². The van der Waals surface area contributed by atoms with E-state index in [1.54, 1.807) is 49.4 Å². The topological polar surface area (TPSA) is 72.9 Å². The van der Waals surface area contributed by atoms with Crippen molar-refractivity contribution in [1.82, 2.24) is 0 Å². The smallest absolute Gasteiger partial charge is 0.305 e. The fraction of sp³-hybridized carbons (Fsp3) is 0.276. The number of rotatable bonds is 8. The number of halogens is 3. The number of anilines is 1. The van der Waals surface area contributed by atoms with E-state index in [4.69, 9.17) is 21.1 Å². The van der Waals surface area contributed by atoms with Crippen LogP contribution in [-0.4, -0.2) is 34.1 Å². The highest BCUT2D eigenvalue weighted by molar-refractivity contribution is 7.92. The van der Waals surface area contributed by atoms with Crippen LogP contribution in [0.2, 0.25) is 5.02 Å². The van der Waals surface area contributed by atoms with Gasteiger partial charge in [-0.3, -0.25) is 9.10 Å². The average Bonchev–Trinajstić information content (AvgIpc) is 2.89. The number of esters is 1. The molecule has 4 rings (SSSR count). The summed E-state index contributed by atoms with van der Waals surface area (Å²) in [6, 6.07) is 15.8. The van der Waals surface area contributed by atoms with Gasteiger partial charge < -0.3 is 9.47 Å². The number of carbonyl (C=O) groups is 1. The van der Waals surface area contributed by atoms with Crippen molar-refractivity contribution in [3.05, 3.63) is 87.9 Å². The summed E-state index contributed by atoms with van der Waals surface area (Å²) in [5.41, 5.74) is 1.59. The Morgan fingerprint density at radius 2 is 1.90 bits per heavy atom. The molecule has 206 valence electrons. The molecular formula is C29H28ClF2NO5S. The molecule has 0 N–H and O–H groups in total. The van der Waals surface area contributed by atoms with Crippen molar-refractivity contribution in [2.45, 2.75) is 43.6 Å². The van der Waals surface area contributed by atoms with Crippen LogP contribution in [0.4, 0.5) is 14.5 Å². The maximum absolute atomic E-state index is 14.2. The van der Waals surface area contributed by atoms with E-state index in [9.17, 15) is 22.0 Å². The number of aryl methyl sites for hydroxylation is 1. The number of methoxy groups -OCH3 is 1. The minimum absolute atomic E-state index is 0.0237. The monoisotopic (exact) mass is 575 g/mol. The molecule has 1 heterocycles. The number of fused-ring (bicyclic) bond motifs is 1. The van der Waals surface area contributed by atoms with E-state index in [1.807, 2.05) is 0 Å². The Bertz CT molecular complexity index is 1520. The molecule has 0 amide bonds. The molecule has 0 aliphatic carbocycles. The lowest BCUT2D eigenvalue weighted by Crippen LogP contribution is -2.43. The van der Waals surface area contributed by atoms with Crippen molar-refractivity contribution >= 4 is 45.4 Å². The Labute approximate surface area is 231 Å². The first kappa shape index (κ1) is 28.6. The molecular weight excluding hydrogens is 548 g/mol. The number of alkyl halides is 2. The van der Waals surface area contributed by atoms with Crippen LogP contribution in [0.1, 0.15) is 42.0 Å². The van der Waals surface area contributed by atoms with Crippen molar-refractivity contribution in [2.24, 2.45) is 0 Å². The van der Waals surface area contributed by atoms with Crippen LogP contribution < -0.4 is 9.04 Å². The lowest BCUT2D eigenvalue weighted by molar-refractivity contribution is -0.141. The standard InChI is InChI=1S/C29H28ClF2NO5S/c1-19-6-4-7-22(16-19)39(35,36)33-18-21(12-15-28(34)37-3)38-27-14-11-20(17-26(27)33)10-13-23-24(29(2,31)32)8-5-9-25(23)30/h4-11,13-14,16-17,21H,12,15,18H2,1-3H3/b13-10+/t21-/m0/s1. The quantitative estimate of drug-likeness (QED) is 0.217. The number of benzene rings is 3. The summed E-state index contributed by atoms with van der Waals surface area (Å²) in [4.78, 5) is 11.8. The van der Waals surface area contributed by atoms with Gasteiger partial charge in [-0.1, -0.05) is 54.1 Å². The molecule has 6 nitrogen and oxygen atoms in total. The fourth-order valence-electron chi connectivity index (χ4n) is 4.36. The normalized spacial score (nSPS) is 15.6. The molecule has 0 unspecified atom stereocenters. The Morgan fingerprint density at radius 1 is 1.15 bits per heavy atom. The van der Waals surface area contributed by atoms with E-state index in [2.05, 4.69) is 0 Å². The van der Waals surface area contributed by atoms with Gasteiger partial charge in [0.15, 0.2) is 0 Å². The molecule has 1 aliphatic heterocycles. The predicted molar refractivity (Wildman–Crippen MR) is 148 cm³/mol. The van der Waals surface area contributed by atoms with Gasteiger partial charge in [0.1, 0.15) is 11.9 Å². The number of carbonyl (C=O) groups excluding carboxylic acids is 1. The zero-order chi connectivity index (χ0) is 28.4. The number of hydrogen-bond donors (Lipinski definition) is 0. The SMILES string of the molecule is COC(=O)CC[C@H]1CN(S(=O)(=O)c2cccc(C)c2)c2cc(/C=C/c3c(Cl)cccc3C(C)(F)F)ccc2O1. The minimum Gasteiger partial charge on any atom is -0.486 e. The Morgan fingerprint density at radius 3 is 2.59 bits per heavy atom. The summed E-state index contributed by atoms with van der Waals surface area (Å²) >= 11 is 6.23. The number of ether oxygens (including phenoxy) is 2. The van der Waals surface area contributed by atoms with E-state index < -0.39 is 28.0 Å². The number of hydrogen-bond acceptors (Lipinski definition) is 5. The maximum atomic E-state index is 14.2. The van der Waals surface area contributed by atoms with E-state index in [0.29, 0.717) is 17.0 Å². The summed E-state index contributed by atoms with van der Waals surface area (Å²) in [5.74, 6) is -3.20. The first-order valence-corrected chi connectivity index (χ1v) is 14.0. The van der Waals surface area contributed by atoms with E-state index in [0.717, 1.165) is 12.5 Å². The number of sulfonamides is 1. The molecule has 1 aliphatic rings. The molecule has 3 aromatic carbocycles. The second kappa shape index (κ2) is 11.4. The third-order valence-corrected chi connectivity index (χ3v) is 8.46. The summed E-state index contributed by atoms with van der Waals surface area (Å²) in [7, 11) is -2.71. The van der Waals surface area contributed by atoms with Gasteiger partial charge in [-0.15, -0.1) is 0 Å². The van der Waals surface area contributed by atoms with Crippen molar-refractivity contribution < 1.29 is 31.5 Å². The lowest BCUT2D eigenvalue weighted by atomic mass is 10.0. The van der Waals surface area contributed by atoms with Crippen LogP contribution in [-0.2, 0) is 25.5 Å². The van der Waals surface area contributed by atoms with Crippen LogP contribution in [0.15, 0.2) is 65.6 Å². The van der Waals surface area contributed by atoms with Gasteiger partial charge in [0.25, 0.3) is 15.9 Å². The highest BCUT2D eigenvalue weighted by atomic mass is 35.5. The van der Waals surface area contributed by atoms with Crippen LogP contribution in [0.5, 0.6) is 5.75 Å². The van der Waals surface area contributed by atoms with Gasteiger partial charge in [-0.05, 0) is 54.8 Å². The van der Waals surface area contributed by atoms with Crippen LogP contribution >= 0.6 is 11.6 Å². The summed E-state index contributed by atoms with van der Waals surface area (Å²) in [6.45, 7) is 2.58. The second-order valence-electron chi connectivity index (χ2n) is 9.36. The summed E-state index contributed by atoms with van der Waals surface area (Å²) in [5, 5.41) is 0.170. The average molecular weight is 576 g/mol. The molecule has 0 spiro atoms. The molecule has 0 saturated carbocycles. The maximum Gasteiger partial charge on any atom is 0.305 e. The highest BCUT2D eigenvalue weighted by Crippen LogP contribution is 2.40. The van der Waals surface area contributed by atoms with Crippen molar-refractivity contribution in [3.8, 4) is 5.75 Å². The molecule has 10 heteroatoms. The van der Waals surface area contributed by atoms with Gasteiger partial charge in [0.05, 0.1) is 24.2 Å². The van der Waals surface area contributed by atoms with E-state index in [1.165, 1.54) is 41.8 Å².